The van der Waals surface area contributed by atoms with Crippen molar-refractivity contribution in [1.82, 2.24) is 4.98 Å². The molecule has 1 aromatic heterocycles. The molecule has 0 amide bonds. The van der Waals surface area contributed by atoms with Crippen molar-refractivity contribution < 1.29 is 19.4 Å². The van der Waals surface area contributed by atoms with Crippen molar-refractivity contribution in [3.63, 3.8) is 0 Å². The van der Waals surface area contributed by atoms with Crippen molar-refractivity contribution in [3.05, 3.63) is 17.3 Å². The molecule has 0 atom stereocenters. The topological polar surface area (TPSA) is 100 Å². The van der Waals surface area contributed by atoms with Crippen LogP contribution in [-0.4, -0.2) is 34.7 Å². The first kappa shape index (κ1) is 16.0. The average Bonchev–Trinajstić information content (AvgIpc) is 2.45. The Hall–Kier alpha value is -2.07. The summed E-state index contributed by atoms with van der Waals surface area (Å²) in [5, 5.41) is 19.2. The number of hydrogen-bond donors (Lipinski definition) is 1. The highest BCUT2D eigenvalue weighted by atomic mass is 32.2. The molecule has 1 aromatic rings. The number of nitrogens with zero attached hydrogens (tertiary/aromatic N) is 2. The molecule has 0 aliphatic heterocycles. The zero-order valence-corrected chi connectivity index (χ0v) is 12.0. The quantitative estimate of drug-likeness (QED) is 0.486. The normalized spacial score (nSPS) is 9.85. The van der Waals surface area contributed by atoms with Crippen molar-refractivity contribution in [3.8, 4) is 11.8 Å². The van der Waals surface area contributed by atoms with Gasteiger partial charge in [0.05, 0.1) is 23.6 Å². The van der Waals surface area contributed by atoms with Gasteiger partial charge in [0.1, 0.15) is 6.07 Å². The van der Waals surface area contributed by atoms with Crippen LogP contribution < -0.4 is 0 Å². The van der Waals surface area contributed by atoms with Gasteiger partial charge in [-0.3, -0.25) is 9.59 Å². The molecule has 0 spiro atoms. The third-order valence-corrected chi connectivity index (χ3v) is 3.05. The molecule has 106 valence electrons. The molecule has 1 rings (SSSR count). The predicted octanol–water partition coefficient (Wildman–Crippen LogP) is 1.91. The molecule has 6 nitrogen and oxygen atoms in total. The number of aromatic hydroxyl groups is 1. The van der Waals surface area contributed by atoms with Gasteiger partial charge in [0.25, 0.3) is 0 Å². The fraction of sp³-hybridized carbons (Fsp3) is 0.385. The second-order valence-electron chi connectivity index (χ2n) is 3.75. The molecule has 0 aromatic carbocycles. The van der Waals surface area contributed by atoms with E-state index in [0.717, 1.165) is 0 Å². The van der Waals surface area contributed by atoms with Gasteiger partial charge in [-0.1, -0.05) is 0 Å². The van der Waals surface area contributed by atoms with E-state index < -0.39 is 17.5 Å². The molecular weight excluding hydrogens is 280 g/mol. The maximum absolute atomic E-state index is 12.0. The number of ether oxygens (including phenoxy) is 1. The van der Waals surface area contributed by atoms with Crippen LogP contribution in [-0.2, 0) is 9.53 Å². The van der Waals surface area contributed by atoms with Crippen molar-refractivity contribution >= 4 is 23.5 Å². The van der Waals surface area contributed by atoms with Crippen LogP contribution in [0.15, 0.2) is 11.1 Å². The number of nitriles is 1. The lowest BCUT2D eigenvalue weighted by molar-refractivity contribution is -0.143. The Bertz CT molecular complexity index is 566. The van der Waals surface area contributed by atoms with Gasteiger partial charge in [-0.25, -0.2) is 4.98 Å². The fourth-order valence-electron chi connectivity index (χ4n) is 1.47. The predicted molar refractivity (Wildman–Crippen MR) is 72.6 cm³/mol. The molecule has 0 unspecified atom stereocenters. The first-order valence-electron chi connectivity index (χ1n) is 5.90. The monoisotopic (exact) mass is 294 g/mol. The molecular formula is C13H14N2O4S. The molecule has 20 heavy (non-hydrogen) atoms. The van der Waals surface area contributed by atoms with E-state index >= 15 is 0 Å². The number of ketones is 1. The van der Waals surface area contributed by atoms with E-state index in [1.54, 1.807) is 19.2 Å². The standard InChI is InChI=1S/C13H14N2O4S/c1-3-19-11(17)5-4-9(16)12-13(18)8(7-14)6-10(15-12)20-2/h6,18H,3-5H2,1-2H3. The molecule has 7 heteroatoms. The van der Waals surface area contributed by atoms with Gasteiger partial charge in [0.2, 0.25) is 0 Å². The van der Waals surface area contributed by atoms with Gasteiger partial charge in [-0.05, 0) is 19.2 Å². The number of hydrogen-bond acceptors (Lipinski definition) is 7. The molecule has 1 heterocycles. The van der Waals surface area contributed by atoms with E-state index in [2.05, 4.69) is 4.98 Å². The minimum atomic E-state index is -0.497. The smallest absolute Gasteiger partial charge is 0.306 e. The van der Waals surface area contributed by atoms with Gasteiger partial charge in [0.15, 0.2) is 17.2 Å². The summed E-state index contributed by atoms with van der Waals surface area (Å²) in [5.41, 5.74) is -0.193. The number of rotatable bonds is 6. The molecule has 0 saturated heterocycles. The Kier molecular flexibility index (Phi) is 6.00. The summed E-state index contributed by atoms with van der Waals surface area (Å²) in [4.78, 5) is 27.1. The summed E-state index contributed by atoms with van der Waals surface area (Å²) < 4.78 is 4.72. The maximum atomic E-state index is 12.0. The number of esters is 1. The fourth-order valence-corrected chi connectivity index (χ4v) is 1.88. The molecule has 0 fully saturated rings. The second kappa shape index (κ2) is 7.50. The van der Waals surface area contributed by atoms with Crippen LogP contribution in [0.4, 0.5) is 0 Å². The van der Waals surface area contributed by atoms with Gasteiger partial charge in [0, 0.05) is 6.42 Å². The van der Waals surface area contributed by atoms with E-state index in [1.807, 2.05) is 0 Å². The van der Waals surface area contributed by atoms with Crippen LogP contribution in [0.1, 0.15) is 35.8 Å². The van der Waals surface area contributed by atoms with Gasteiger partial charge in [-0.2, -0.15) is 5.26 Å². The van der Waals surface area contributed by atoms with Crippen LogP contribution in [0.25, 0.3) is 0 Å². The Morgan fingerprint density at radius 3 is 2.75 bits per heavy atom. The van der Waals surface area contributed by atoms with E-state index in [4.69, 9.17) is 10.00 Å². The third-order valence-electron chi connectivity index (χ3n) is 2.42. The Balaban J connectivity index is 2.93. The average molecular weight is 294 g/mol. The Labute approximate surface area is 120 Å². The summed E-state index contributed by atoms with van der Waals surface area (Å²) in [7, 11) is 0. The molecule has 0 radical (unpaired) electrons. The summed E-state index contributed by atoms with van der Waals surface area (Å²) in [5.74, 6) is -1.43. The van der Waals surface area contributed by atoms with E-state index in [9.17, 15) is 14.7 Å². The van der Waals surface area contributed by atoms with Crippen LogP contribution in [0, 0.1) is 11.3 Å². The van der Waals surface area contributed by atoms with E-state index in [1.165, 1.54) is 17.8 Å². The minimum Gasteiger partial charge on any atom is -0.504 e. The molecule has 0 aliphatic rings. The highest BCUT2D eigenvalue weighted by Crippen LogP contribution is 2.26. The summed E-state index contributed by atoms with van der Waals surface area (Å²) in [6, 6.07) is 3.21. The Morgan fingerprint density at radius 2 is 2.20 bits per heavy atom. The maximum Gasteiger partial charge on any atom is 0.306 e. The SMILES string of the molecule is CCOC(=O)CCC(=O)c1nc(SC)cc(C#N)c1O. The largest absolute Gasteiger partial charge is 0.504 e. The second-order valence-corrected chi connectivity index (χ2v) is 4.58. The zero-order chi connectivity index (χ0) is 15.1. The first-order valence-corrected chi connectivity index (χ1v) is 7.12. The number of pyridine rings is 1. The van der Waals surface area contributed by atoms with E-state index in [-0.39, 0.29) is 30.7 Å². The molecule has 0 aliphatic carbocycles. The first-order chi connectivity index (χ1) is 9.53. The van der Waals surface area contributed by atoms with Crippen molar-refractivity contribution in [2.75, 3.05) is 12.9 Å². The number of Topliss-reactive ketones (excluding diaryl/α,β-unsaturated/α-hetero) is 1. The number of carbonyl (C=O) groups excluding carboxylic acids is 2. The van der Waals surface area contributed by atoms with E-state index in [0.29, 0.717) is 5.03 Å². The Morgan fingerprint density at radius 1 is 1.50 bits per heavy atom. The highest BCUT2D eigenvalue weighted by molar-refractivity contribution is 7.98. The van der Waals surface area contributed by atoms with Crippen LogP contribution >= 0.6 is 11.8 Å². The molecule has 1 N–H and O–H groups in total. The number of carbonyl (C=O) groups is 2. The molecule has 0 bridgehead atoms. The van der Waals surface area contributed by atoms with Crippen molar-refractivity contribution in [1.29, 1.82) is 5.26 Å². The number of thioether (sulfide) groups is 1. The van der Waals surface area contributed by atoms with Crippen LogP contribution in [0.2, 0.25) is 0 Å². The highest BCUT2D eigenvalue weighted by Gasteiger charge is 2.19. The summed E-state index contributed by atoms with van der Waals surface area (Å²) in [6.45, 7) is 1.92. The van der Waals surface area contributed by atoms with Gasteiger partial charge < -0.3 is 9.84 Å². The lowest BCUT2D eigenvalue weighted by Crippen LogP contribution is -2.10. The summed E-state index contributed by atoms with van der Waals surface area (Å²) >= 11 is 1.25. The lowest BCUT2D eigenvalue weighted by Gasteiger charge is -2.06. The minimum absolute atomic E-state index is 0.0103. The summed E-state index contributed by atoms with van der Waals surface area (Å²) in [6.07, 6.45) is 1.54. The third kappa shape index (κ3) is 3.96. The lowest BCUT2D eigenvalue weighted by atomic mass is 10.1. The van der Waals surface area contributed by atoms with Gasteiger partial charge in [-0.15, -0.1) is 11.8 Å². The van der Waals surface area contributed by atoms with Crippen molar-refractivity contribution in [2.45, 2.75) is 24.8 Å². The number of aromatic nitrogens is 1. The van der Waals surface area contributed by atoms with Crippen LogP contribution in [0.3, 0.4) is 0 Å². The molecule has 0 saturated carbocycles. The van der Waals surface area contributed by atoms with Crippen molar-refractivity contribution in [2.24, 2.45) is 0 Å². The zero-order valence-electron chi connectivity index (χ0n) is 11.2. The van der Waals surface area contributed by atoms with Gasteiger partial charge >= 0.3 is 5.97 Å². The van der Waals surface area contributed by atoms with Crippen LogP contribution in [0.5, 0.6) is 5.75 Å².